The largest absolute Gasteiger partial charge is 0.475 e. The molecule has 19 heavy (non-hydrogen) atoms. The second-order valence-corrected chi connectivity index (χ2v) is 3.99. The Hall–Kier alpha value is -2.51. The number of halogens is 2. The summed E-state index contributed by atoms with van der Waals surface area (Å²) in [7, 11) is 0. The number of carboxylic acid groups (broad SMARTS) is 1. The van der Waals surface area contributed by atoms with Gasteiger partial charge < -0.3 is 10.0 Å². The van der Waals surface area contributed by atoms with E-state index in [9.17, 15) is 13.6 Å². The Balaban J connectivity index is 2.09. The first-order chi connectivity index (χ1) is 9.08. The number of hydrogen-bond acceptors (Lipinski definition) is 4. The number of nitrogens with zero attached hydrogens (tertiary/aromatic N) is 4. The highest BCUT2D eigenvalue weighted by Crippen LogP contribution is 2.32. The number of carboxylic acids is 1. The number of aromatic nitrogens is 3. The minimum absolute atomic E-state index is 0.126. The monoisotopic (exact) mass is 266 g/mol. The Bertz CT molecular complexity index is 650. The van der Waals surface area contributed by atoms with Crippen LogP contribution >= 0.6 is 0 Å². The van der Waals surface area contributed by atoms with Gasteiger partial charge in [-0.05, 0) is 12.1 Å². The third-order valence-electron chi connectivity index (χ3n) is 2.83. The molecule has 0 bridgehead atoms. The zero-order valence-corrected chi connectivity index (χ0v) is 9.55. The van der Waals surface area contributed by atoms with Crippen LogP contribution in [0.15, 0.2) is 18.2 Å². The van der Waals surface area contributed by atoms with Gasteiger partial charge in [0, 0.05) is 6.54 Å². The lowest BCUT2D eigenvalue weighted by molar-refractivity contribution is 0.0683. The minimum atomic E-state index is -1.28. The van der Waals surface area contributed by atoms with Gasteiger partial charge in [-0.2, -0.15) is 4.98 Å². The predicted molar refractivity (Wildman–Crippen MR) is 60.3 cm³/mol. The van der Waals surface area contributed by atoms with Gasteiger partial charge in [0.1, 0.15) is 17.3 Å². The molecule has 0 atom stereocenters. The van der Waals surface area contributed by atoms with Crippen molar-refractivity contribution in [2.75, 3.05) is 11.4 Å². The van der Waals surface area contributed by atoms with E-state index in [2.05, 4.69) is 10.1 Å². The van der Waals surface area contributed by atoms with Gasteiger partial charge >= 0.3 is 5.97 Å². The quantitative estimate of drug-likeness (QED) is 0.889. The second-order valence-electron chi connectivity index (χ2n) is 3.99. The van der Waals surface area contributed by atoms with Gasteiger partial charge in [0.05, 0.1) is 6.54 Å². The number of hydrogen-bond donors (Lipinski definition) is 1. The molecule has 0 spiro atoms. The molecule has 1 aliphatic rings. The molecule has 3 rings (SSSR count). The summed E-state index contributed by atoms with van der Waals surface area (Å²) in [6.07, 6.45) is 0. The zero-order valence-electron chi connectivity index (χ0n) is 9.55. The van der Waals surface area contributed by atoms with Crippen molar-refractivity contribution in [3.8, 4) is 0 Å². The summed E-state index contributed by atoms with van der Waals surface area (Å²) < 4.78 is 28.7. The van der Waals surface area contributed by atoms with Crippen LogP contribution in [-0.2, 0) is 6.54 Å². The summed E-state index contributed by atoms with van der Waals surface area (Å²) in [5, 5.41) is 12.5. The maximum atomic E-state index is 13.7. The Morgan fingerprint density at radius 2 is 1.95 bits per heavy atom. The molecule has 98 valence electrons. The van der Waals surface area contributed by atoms with E-state index in [0.29, 0.717) is 6.54 Å². The SMILES string of the molecule is O=C(O)c1nc2n(n1)CCN2c1c(F)cccc1F. The fourth-order valence-corrected chi connectivity index (χ4v) is 2.03. The van der Waals surface area contributed by atoms with Crippen LogP contribution in [0.4, 0.5) is 20.4 Å². The normalized spacial score (nSPS) is 13.7. The smallest absolute Gasteiger partial charge is 0.375 e. The van der Waals surface area contributed by atoms with Crippen LogP contribution in [0.5, 0.6) is 0 Å². The van der Waals surface area contributed by atoms with Crippen molar-refractivity contribution in [1.82, 2.24) is 14.8 Å². The van der Waals surface area contributed by atoms with Gasteiger partial charge in [-0.1, -0.05) is 6.07 Å². The maximum Gasteiger partial charge on any atom is 0.375 e. The van der Waals surface area contributed by atoms with Crippen LogP contribution in [0, 0.1) is 11.6 Å². The molecule has 1 aromatic heterocycles. The molecule has 0 fully saturated rings. The summed E-state index contributed by atoms with van der Waals surface area (Å²) in [5.41, 5.74) is -0.245. The van der Waals surface area contributed by atoms with Gasteiger partial charge in [-0.25, -0.2) is 18.3 Å². The first-order valence-corrected chi connectivity index (χ1v) is 5.47. The molecule has 0 unspecified atom stereocenters. The molecule has 1 N–H and O–H groups in total. The van der Waals surface area contributed by atoms with Crippen LogP contribution in [-0.4, -0.2) is 32.4 Å². The van der Waals surface area contributed by atoms with Crippen molar-refractivity contribution in [2.24, 2.45) is 0 Å². The fraction of sp³-hybridized carbons (Fsp3) is 0.182. The van der Waals surface area contributed by atoms with E-state index >= 15 is 0 Å². The first-order valence-electron chi connectivity index (χ1n) is 5.47. The number of aromatic carboxylic acids is 1. The van der Waals surface area contributed by atoms with E-state index in [1.54, 1.807) is 0 Å². The summed E-state index contributed by atoms with van der Waals surface area (Å²) >= 11 is 0. The highest BCUT2D eigenvalue weighted by molar-refractivity contribution is 5.83. The Morgan fingerprint density at radius 3 is 2.58 bits per heavy atom. The molecular weight excluding hydrogens is 258 g/mol. The van der Waals surface area contributed by atoms with Gasteiger partial charge in [0.2, 0.25) is 5.95 Å². The van der Waals surface area contributed by atoms with Gasteiger partial charge in [0.15, 0.2) is 0 Å². The third-order valence-corrected chi connectivity index (χ3v) is 2.83. The number of para-hydroxylation sites is 1. The third kappa shape index (κ3) is 1.72. The van der Waals surface area contributed by atoms with Crippen LogP contribution < -0.4 is 4.90 Å². The van der Waals surface area contributed by atoms with Crippen molar-refractivity contribution in [3.63, 3.8) is 0 Å². The van der Waals surface area contributed by atoms with Crippen molar-refractivity contribution >= 4 is 17.6 Å². The van der Waals surface area contributed by atoms with Crippen LogP contribution in [0.25, 0.3) is 0 Å². The Kier molecular flexibility index (Phi) is 2.44. The van der Waals surface area contributed by atoms with Crippen LogP contribution in [0.3, 0.4) is 0 Å². The molecule has 0 amide bonds. The lowest BCUT2D eigenvalue weighted by Crippen LogP contribution is -2.18. The number of fused-ring (bicyclic) bond motifs is 1. The highest BCUT2D eigenvalue weighted by Gasteiger charge is 2.30. The molecular formula is C11H8F2N4O2. The summed E-state index contributed by atoms with van der Waals surface area (Å²) in [6.45, 7) is 0.608. The van der Waals surface area contributed by atoms with Crippen molar-refractivity contribution < 1.29 is 18.7 Å². The molecule has 6 nitrogen and oxygen atoms in total. The number of benzene rings is 1. The Labute approximate surface area is 105 Å². The standard InChI is InChI=1S/C11H8F2N4O2/c12-6-2-1-3-7(13)8(6)16-4-5-17-11(16)14-9(15-17)10(18)19/h1-3H,4-5H2,(H,18,19). The van der Waals surface area contributed by atoms with Crippen LogP contribution in [0.1, 0.15) is 10.6 Å². The molecule has 0 saturated carbocycles. The first kappa shape index (κ1) is 11.6. The highest BCUT2D eigenvalue weighted by atomic mass is 19.1. The average Bonchev–Trinajstić information content (AvgIpc) is 2.90. The average molecular weight is 266 g/mol. The lowest BCUT2D eigenvalue weighted by atomic mass is 10.2. The van der Waals surface area contributed by atoms with Gasteiger partial charge in [-0.15, -0.1) is 5.10 Å². The molecule has 2 aromatic rings. The molecule has 0 saturated heterocycles. The molecule has 0 radical (unpaired) electrons. The summed E-state index contributed by atoms with van der Waals surface area (Å²) in [5.74, 6) is -3.00. The number of rotatable bonds is 2. The maximum absolute atomic E-state index is 13.7. The Morgan fingerprint density at radius 1 is 1.26 bits per heavy atom. The van der Waals surface area contributed by atoms with Gasteiger partial charge in [0.25, 0.3) is 5.82 Å². The number of carbonyl (C=O) groups is 1. The van der Waals surface area contributed by atoms with Crippen molar-refractivity contribution in [2.45, 2.75) is 6.54 Å². The molecule has 1 aliphatic heterocycles. The molecule has 8 heteroatoms. The van der Waals surface area contributed by atoms with E-state index < -0.39 is 23.4 Å². The van der Waals surface area contributed by atoms with E-state index in [4.69, 9.17) is 5.11 Å². The van der Waals surface area contributed by atoms with Crippen molar-refractivity contribution in [1.29, 1.82) is 0 Å². The fourth-order valence-electron chi connectivity index (χ4n) is 2.03. The van der Waals surface area contributed by atoms with E-state index in [0.717, 1.165) is 12.1 Å². The van der Waals surface area contributed by atoms with E-state index in [-0.39, 0.29) is 18.2 Å². The molecule has 0 aliphatic carbocycles. The summed E-state index contributed by atoms with van der Waals surface area (Å²) in [6, 6.07) is 3.53. The topological polar surface area (TPSA) is 71.2 Å². The van der Waals surface area contributed by atoms with Crippen molar-refractivity contribution in [3.05, 3.63) is 35.7 Å². The minimum Gasteiger partial charge on any atom is -0.475 e. The van der Waals surface area contributed by atoms with Crippen LogP contribution in [0.2, 0.25) is 0 Å². The predicted octanol–water partition coefficient (Wildman–Crippen LogP) is 1.41. The summed E-state index contributed by atoms with van der Waals surface area (Å²) in [4.78, 5) is 15.8. The van der Waals surface area contributed by atoms with E-state index in [1.165, 1.54) is 15.6 Å². The molecule has 2 heterocycles. The zero-order chi connectivity index (χ0) is 13.6. The number of anilines is 2. The van der Waals surface area contributed by atoms with E-state index in [1.807, 2.05) is 0 Å². The lowest BCUT2D eigenvalue weighted by Gasteiger charge is -2.16. The second kappa shape index (κ2) is 4.01. The van der Waals surface area contributed by atoms with Gasteiger partial charge in [-0.3, -0.25) is 0 Å². The molecule has 1 aromatic carbocycles.